The fourth-order valence-corrected chi connectivity index (χ4v) is 3.64. The summed E-state index contributed by atoms with van der Waals surface area (Å²) in [6, 6.07) is 12.0. The molecule has 1 amide bonds. The summed E-state index contributed by atoms with van der Waals surface area (Å²) in [7, 11) is 0. The Morgan fingerprint density at radius 3 is 2.62 bits per heavy atom. The number of benzene rings is 1. The molecule has 1 aromatic carbocycles. The van der Waals surface area contributed by atoms with Crippen LogP contribution in [-0.2, 0) is 4.79 Å². The van der Waals surface area contributed by atoms with E-state index in [1.807, 2.05) is 48.2 Å². The van der Waals surface area contributed by atoms with Crippen molar-refractivity contribution in [1.29, 1.82) is 0 Å². The number of amides is 1. The third-order valence-corrected chi connectivity index (χ3v) is 5.20. The zero-order chi connectivity index (χ0) is 16.9. The van der Waals surface area contributed by atoms with E-state index in [0.717, 1.165) is 48.8 Å². The van der Waals surface area contributed by atoms with Gasteiger partial charge in [-0.15, -0.1) is 0 Å². The normalized spacial score (nSPS) is 15.5. The summed E-state index contributed by atoms with van der Waals surface area (Å²) in [5.41, 5.74) is 2.90. The number of nitrogens with zero attached hydrogens (tertiary/aromatic N) is 3. The van der Waals surface area contributed by atoms with Gasteiger partial charge in [0.05, 0.1) is 11.4 Å². The largest absolute Gasteiger partial charge is 0.342 e. The molecule has 3 rings (SSSR count). The number of piperidine rings is 1. The number of hydrogen-bond acceptors (Lipinski definition) is 4. The summed E-state index contributed by atoms with van der Waals surface area (Å²) in [5, 5.41) is 0.674. The van der Waals surface area contributed by atoms with Gasteiger partial charge in [0, 0.05) is 24.3 Å². The number of likely N-dealkylation sites (tertiary alicyclic amines) is 1. The van der Waals surface area contributed by atoms with Crippen LogP contribution in [-0.4, -0.2) is 39.6 Å². The van der Waals surface area contributed by atoms with E-state index in [0.29, 0.717) is 10.9 Å². The quantitative estimate of drug-likeness (QED) is 0.627. The average molecular weight is 341 g/mol. The molecule has 1 aliphatic heterocycles. The fraction of sp³-hybridized carbons (Fsp3) is 0.421. The lowest BCUT2D eigenvalue weighted by molar-refractivity contribution is -0.129. The number of thioether (sulfide) groups is 1. The molecule has 2 heterocycles. The van der Waals surface area contributed by atoms with Gasteiger partial charge in [0.15, 0.2) is 5.16 Å². The van der Waals surface area contributed by atoms with Crippen LogP contribution in [0.1, 0.15) is 25.5 Å². The number of carbonyl (C=O) groups is 1. The first-order valence-electron chi connectivity index (χ1n) is 8.43. The minimum absolute atomic E-state index is 0.193. The Kier molecular flexibility index (Phi) is 5.51. The molecule has 5 heteroatoms. The van der Waals surface area contributed by atoms with Crippen LogP contribution in [0.15, 0.2) is 41.6 Å². The van der Waals surface area contributed by atoms with Crippen LogP contribution in [0.25, 0.3) is 11.3 Å². The van der Waals surface area contributed by atoms with Crippen LogP contribution < -0.4 is 0 Å². The van der Waals surface area contributed by atoms with Crippen LogP contribution >= 0.6 is 11.8 Å². The van der Waals surface area contributed by atoms with Crippen molar-refractivity contribution in [3.63, 3.8) is 0 Å². The van der Waals surface area contributed by atoms with Gasteiger partial charge >= 0.3 is 0 Å². The fourth-order valence-electron chi connectivity index (χ4n) is 2.84. The standard InChI is InChI=1S/C19H23N3OS/c1-14-8-10-22(11-9-14)18(23)13-24-19-20-15(2)12-17(21-19)16-6-4-3-5-7-16/h3-7,12,14H,8-11,13H2,1-2H3. The number of rotatable bonds is 4. The molecule has 0 N–H and O–H groups in total. The Morgan fingerprint density at radius 1 is 1.21 bits per heavy atom. The third-order valence-electron chi connectivity index (χ3n) is 4.36. The number of carbonyl (C=O) groups excluding carboxylic acids is 1. The van der Waals surface area contributed by atoms with Gasteiger partial charge in [0.2, 0.25) is 5.91 Å². The smallest absolute Gasteiger partial charge is 0.233 e. The van der Waals surface area contributed by atoms with Gasteiger partial charge in [-0.3, -0.25) is 4.79 Å². The van der Waals surface area contributed by atoms with Crippen molar-refractivity contribution in [3.05, 3.63) is 42.1 Å². The lowest BCUT2D eigenvalue weighted by Gasteiger charge is -2.30. The highest BCUT2D eigenvalue weighted by molar-refractivity contribution is 7.99. The molecule has 1 aliphatic rings. The number of aromatic nitrogens is 2. The first-order chi connectivity index (χ1) is 11.6. The summed E-state index contributed by atoms with van der Waals surface area (Å²) < 4.78 is 0. The maximum absolute atomic E-state index is 12.4. The van der Waals surface area contributed by atoms with Gasteiger partial charge < -0.3 is 4.90 Å². The maximum Gasteiger partial charge on any atom is 0.233 e. The minimum Gasteiger partial charge on any atom is -0.342 e. The highest BCUT2D eigenvalue weighted by atomic mass is 32.2. The van der Waals surface area contributed by atoms with E-state index in [-0.39, 0.29) is 5.91 Å². The Morgan fingerprint density at radius 2 is 1.92 bits per heavy atom. The molecule has 126 valence electrons. The molecule has 1 aromatic heterocycles. The average Bonchev–Trinajstić information content (AvgIpc) is 2.60. The van der Waals surface area contributed by atoms with Gasteiger partial charge in [0.25, 0.3) is 0 Å². The summed E-state index contributed by atoms with van der Waals surface area (Å²) in [6.45, 7) is 5.98. The summed E-state index contributed by atoms with van der Waals surface area (Å²) in [4.78, 5) is 23.4. The van der Waals surface area contributed by atoms with Crippen molar-refractivity contribution in [2.75, 3.05) is 18.8 Å². The molecule has 0 saturated carbocycles. The van der Waals surface area contributed by atoms with Crippen molar-refractivity contribution >= 4 is 17.7 Å². The first-order valence-corrected chi connectivity index (χ1v) is 9.42. The van der Waals surface area contributed by atoms with Crippen molar-refractivity contribution in [2.45, 2.75) is 31.8 Å². The second kappa shape index (κ2) is 7.79. The van der Waals surface area contributed by atoms with Crippen LogP contribution in [0.4, 0.5) is 0 Å². The van der Waals surface area contributed by atoms with E-state index in [1.54, 1.807) is 0 Å². The van der Waals surface area contributed by atoms with Crippen LogP contribution in [0.2, 0.25) is 0 Å². The van der Waals surface area contributed by atoms with Crippen LogP contribution in [0.3, 0.4) is 0 Å². The van der Waals surface area contributed by atoms with Crippen molar-refractivity contribution < 1.29 is 4.79 Å². The Balaban J connectivity index is 1.65. The molecule has 0 bridgehead atoms. The maximum atomic E-state index is 12.4. The highest BCUT2D eigenvalue weighted by Gasteiger charge is 2.20. The predicted molar refractivity (Wildman–Crippen MR) is 97.9 cm³/mol. The van der Waals surface area contributed by atoms with Gasteiger partial charge in [-0.2, -0.15) is 0 Å². The number of aryl methyl sites for hydroxylation is 1. The summed E-state index contributed by atoms with van der Waals surface area (Å²) >= 11 is 1.43. The van der Waals surface area contributed by atoms with Crippen molar-refractivity contribution in [1.82, 2.24) is 14.9 Å². The van der Waals surface area contributed by atoms with E-state index in [9.17, 15) is 4.79 Å². The molecule has 24 heavy (non-hydrogen) atoms. The van der Waals surface area contributed by atoms with E-state index >= 15 is 0 Å². The SMILES string of the molecule is Cc1cc(-c2ccccc2)nc(SCC(=O)N2CCC(C)CC2)n1. The van der Waals surface area contributed by atoms with E-state index in [4.69, 9.17) is 0 Å². The molecule has 1 saturated heterocycles. The van der Waals surface area contributed by atoms with E-state index < -0.39 is 0 Å². The van der Waals surface area contributed by atoms with Gasteiger partial charge in [0.1, 0.15) is 0 Å². The van der Waals surface area contributed by atoms with Crippen LogP contribution in [0.5, 0.6) is 0 Å². The monoisotopic (exact) mass is 341 g/mol. The van der Waals surface area contributed by atoms with Gasteiger partial charge in [-0.1, -0.05) is 49.0 Å². The van der Waals surface area contributed by atoms with Crippen molar-refractivity contribution in [2.24, 2.45) is 5.92 Å². The molecule has 0 radical (unpaired) electrons. The molecular formula is C19H23N3OS. The summed E-state index contributed by atoms with van der Waals surface area (Å²) in [5.74, 6) is 1.33. The second-order valence-corrected chi connectivity index (χ2v) is 7.34. The molecule has 0 atom stereocenters. The molecular weight excluding hydrogens is 318 g/mol. The highest BCUT2D eigenvalue weighted by Crippen LogP contribution is 2.23. The zero-order valence-corrected chi connectivity index (χ0v) is 15.1. The molecule has 0 spiro atoms. The van der Waals surface area contributed by atoms with Crippen LogP contribution in [0, 0.1) is 12.8 Å². The zero-order valence-electron chi connectivity index (χ0n) is 14.2. The van der Waals surface area contributed by atoms with E-state index in [1.165, 1.54) is 11.8 Å². The third kappa shape index (κ3) is 4.35. The Labute approximate surface area is 147 Å². The summed E-state index contributed by atoms with van der Waals surface area (Å²) in [6.07, 6.45) is 2.21. The molecule has 2 aromatic rings. The van der Waals surface area contributed by atoms with Gasteiger partial charge in [-0.05, 0) is 31.7 Å². The Hall–Kier alpha value is -1.88. The van der Waals surface area contributed by atoms with Gasteiger partial charge in [-0.25, -0.2) is 9.97 Å². The topological polar surface area (TPSA) is 46.1 Å². The predicted octanol–water partition coefficient (Wildman–Crippen LogP) is 3.80. The Bertz CT molecular complexity index is 697. The molecule has 0 aliphatic carbocycles. The second-order valence-electron chi connectivity index (χ2n) is 6.40. The minimum atomic E-state index is 0.193. The molecule has 0 unspecified atom stereocenters. The molecule has 1 fully saturated rings. The lowest BCUT2D eigenvalue weighted by atomic mass is 9.99. The van der Waals surface area contributed by atoms with E-state index in [2.05, 4.69) is 16.9 Å². The molecule has 4 nitrogen and oxygen atoms in total. The lowest BCUT2D eigenvalue weighted by Crippen LogP contribution is -2.38. The first kappa shape index (κ1) is 17.0. The van der Waals surface area contributed by atoms with Crippen molar-refractivity contribution in [3.8, 4) is 11.3 Å². The number of hydrogen-bond donors (Lipinski definition) is 0.